The van der Waals surface area contributed by atoms with E-state index >= 15 is 0 Å². The van der Waals surface area contributed by atoms with Gasteiger partial charge in [0.25, 0.3) is 10.0 Å². The third-order valence-corrected chi connectivity index (χ3v) is 9.23. The van der Waals surface area contributed by atoms with Crippen LogP contribution in [0.1, 0.15) is 18.9 Å². The largest absolute Gasteiger partial charge is 0.360 e. The fourth-order valence-corrected chi connectivity index (χ4v) is 6.85. The van der Waals surface area contributed by atoms with Crippen molar-refractivity contribution in [3.8, 4) is 0 Å². The van der Waals surface area contributed by atoms with Gasteiger partial charge in [0.15, 0.2) is 5.13 Å². The van der Waals surface area contributed by atoms with Gasteiger partial charge in [-0.05, 0) is 61.7 Å². The van der Waals surface area contributed by atoms with Gasteiger partial charge in [-0.3, -0.25) is 14.3 Å². The molecule has 12 heteroatoms. The van der Waals surface area contributed by atoms with Crippen molar-refractivity contribution < 1.29 is 18.0 Å². The number of hydrogen-bond acceptors (Lipinski definition) is 7. The fourth-order valence-electron chi connectivity index (χ4n) is 4.80. The Balaban J connectivity index is 1.24. The molecule has 194 valence electrons. The maximum atomic E-state index is 13.4. The second-order valence-electron chi connectivity index (χ2n) is 8.95. The molecule has 2 aliphatic heterocycles. The molecule has 1 saturated heterocycles. The van der Waals surface area contributed by atoms with Crippen molar-refractivity contribution in [3.63, 3.8) is 0 Å². The molecule has 37 heavy (non-hydrogen) atoms. The van der Waals surface area contributed by atoms with Crippen LogP contribution in [0.4, 0.5) is 16.5 Å². The lowest BCUT2D eigenvalue weighted by Gasteiger charge is -2.40. The number of hydrogen-bond donors (Lipinski definition) is 1. The lowest BCUT2D eigenvalue weighted by molar-refractivity contribution is -0.137. The van der Waals surface area contributed by atoms with Crippen LogP contribution in [0.15, 0.2) is 58.9 Å². The average molecular weight is 560 g/mol. The first kappa shape index (κ1) is 25.5. The molecule has 1 fully saturated rings. The Hall–Kier alpha value is -3.15. The van der Waals surface area contributed by atoms with E-state index in [4.69, 9.17) is 11.6 Å². The molecule has 1 N–H and O–H groups in total. The van der Waals surface area contributed by atoms with Gasteiger partial charge in [0, 0.05) is 47.6 Å². The molecular weight excluding hydrogens is 534 g/mol. The van der Waals surface area contributed by atoms with Crippen LogP contribution in [-0.2, 0) is 26.0 Å². The Bertz CT molecular complexity index is 1410. The molecule has 2 aromatic carbocycles. The summed E-state index contributed by atoms with van der Waals surface area (Å²) in [6, 6.07) is 11.4. The summed E-state index contributed by atoms with van der Waals surface area (Å²) >= 11 is 7.57. The monoisotopic (exact) mass is 559 g/mol. The van der Waals surface area contributed by atoms with Gasteiger partial charge < -0.3 is 14.7 Å². The van der Waals surface area contributed by atoms with Gasteiger partial charge >= 0.3 is 0 Å². The SMILES string of the molecule is C[C@@H](C(=O)N1CCN(c2ccc(S(=O)(=O)Nc3nccs3)cc2)C(=O)C1)N1CCCc2c(Cl)cccc21. The van der Waals surface area contributed by atoms with Gasteiger partial charge in [-0.1, -0.05) is 17.7 Å². The van der Waals surface area contributed by atoms with E-state index in [-0.39, 0.29) is 28.4 Å². The number of nitrogens with one attached hydrogen (secondary N) is 1. The highest BCUT2D eigenvalue weighted by molar-refractivity contribution is 7.93. The van der Waals surface area contributed by atoms with Crippen molar-refractivity contribution in [2.75, 3.05) is 40.7 Å². The van der Waals surface area contributed by atoms with E-state index in [0.717, 1.165) is 30.6 Å². The maximum Gasteiger partial charge on any atom is 0.263 e. The first-order valence-electron chi connectivity index (χ1n) is 11.9. The summed E-state index contributed by atoms with van der Waals surface area (Å²) < 4.78 is 27.6. The molecule has 2 aliphatic rings. The molecule has 0 radical (unpaired) electrons. The third-order valence-electron chi connectivity index (χ3n) is 6.70. The summed E-state index contributed by atoms with van der Waals surface area (Å²) in [5.41, 5.74) is 2.62. The van der Waals surface area contributed by atoms with E-state index in [2.05, 4.69) is 14.6 Å². The van der Waals surface area contributed by atoms with Crippen LogP contribution in [0.3, 0.4) is 0 Å². The molecule has 3 heterocycles. The molecule has 0 unspecified atom stereocenters. The van der Waals surface area contributed by atoms with Crippen molar-refractivity contribution in [2.45, 2.75) is 30.7 Å². The highest BCUT2D eigenvalue weighted by Gasteiger charge is 2.34. The summed E-state index contributed by atoms with van der Waals surface area (Å²) in [5.74, 6) is -0.319. The number of halogens is 1. The molecule has 0 aliphatic carbocycles. The van der Waals surface area contributed by atoms with E-state index in [1.807, 2.05) is 25.1 Å². The fraction of sp³-hybridized carbons (Fsp3) is 0.320. The highest BCUT2D eigenvalue weighted by atomic mass is 35.5. The standard InChI is InChI=1S/C25H26ClN5O4S2/c1-17(30-12-3-4-20-21(26)5-2-6-22(20)30)24(33)29-13-14-31(23(32)16-29)18-7-9-19(10-8-18)37(34,35)28-25-27-11-15-36-25/h2,5-11,15,17H,3-4,12-14,16H2,1H3,(H,27,28)/t17-/m0/s1. The minimum absolute atomic E-state index is 0.0366. The molecule has 0 bridgehead atoms. The number of benzene rings is 2. The summed E-state index contributed by atoms with van der Waals surface area (Å²) in [4.78, 5) is 35.6. The lowest BCUT2D eigenvalue weighted by atomic mass is 9.99. The Morgan fingerprint density at radius 3 is 2.62 bits per heavy atom. The van der Waals surface area contributed by atoms with Crippen molar-refractivity contribution >= 4 is 61.3 Å². The Morgan fingerprint density at radius 2 is 1.92 bits per heavy atom. The van der Waals surface area contributed by atoms with Gasteiger partial charge in [-0.2, -0.15) is 0 Å². The molecule has 3 aromatic rings. The van der Waals surface area contributed by atoms with Crippen LogP contribution in [0.25, 0.3) is 0 Å². The maximum absolute atomic E-state index is 13.4. The molecular formula is C25H26ClN5O4S2. The Kier molecular flexibility index (Phi) is 7.11. The zero-order chi connectivity index (χ0) is 26.2. The number of aromatic nitrogens is 1. The summed E-state index contributed by atoms with van der Waals surface area (Å²) in [7, 11) is -3.78. The number of carbonyl (C=O) groups excluding carboxylic acids is 2. The summed E-state index contributed by atoms with van der Waals surface area (Å²) in [5, 5.41) is 2.67. The number of nitrogens with zero attached hydrogens (tertiary/aromatic N) is 4. The number of piperazine rings is 1. The predicted octanol–water partition coefficient (Wildman–Crippen LogP) is 3.61. The molecule has 0 saturated carbocycles. The highest BCUT2D eigenvalue weighted by Crippen LogP contribution is 2.34. The molecule has 2 amide bonds. The number of anilines is 3. The first-order valence-corrected chi connectivity index (χ1v) is 14.6. The lowest BCUT2D eigenvalue weighted by Crippen LogP contribution is -2.57. The van der Waals surface area contributed by atoms with Gasteiger partial charge in [0.05, 0.1) is 4.90 Å². The molecule has 0 spiro atoms. The van der Waals surface area contributed by atoms with Crippen LogP contribution in [0.5, 0.6) is 0 Å². The number of fused-ring (bicyclic) bond motifs is 1. The zero-order valence-corrected chi connectivity index (χ0v) is 22.5. The van der Waals surface area contributed by atoms with Crippen LogP contribution in [0.2, 0.25) is 5.02 Å². The van der Waals surface area contributed by atoms with Crippen LogP contribution in [-0.4, -0.2) is 62.3 Å². The molecule has 1 aromatic heterocycles. The zero-order valence-electron chi connectivity index (χ0n) is 20.1. The number of carbonyl (C=O) groups is 2. The second-order valence-corrected chi connectivity index (χ2v) is 11.9. The van der Waals surface area contributed by atoms with Crippen molar-refractivity contribution in [1.82, 2.24) is 9.88 Å². The molecule has 5 rings (SSSR count). The van der Waals surface area contributed by atoms with Crippen LogP contribution in [0, 0.1) is 0 Å². The smallest absolute Gasteiger partial charge is 0.263 e. The quantitative estimate of drug-likeness (QED) is 0.495. The van der Waals surface area contributed by atoms with E-state index in [9.17, 15) is 18.0 Å². The Labute approximate surface area is 224 Å². The van der Waals surface area contributed by atoms with Gasteiger partial charge in [0.1, 0.15) is 12.6 Å². The van der Waals surface area contributed by atoms with Gasteiger partial charge in [0.2, 0.25) is 11.8 Å². The number of amides is 2. The van der Waals surface area contributed by atoms with Gasteiger partial charge in [-0.15, -0.1) is 11.3 Å². The van der Waals surface area contributed by atoms with Crippen molar-refractivity contribution in [1.29, 1.82) is 0 Å². The van der Waals surface area contributed by atoms with Gasteiger partial charge in [-0.25, -0.2) is 13.4 Å². The second kappa shape index (κ2) is 10.3. The van der Waals surface area contributed by atoms with Crippen molar-refractivity contribution in [3.05, 3.63) is 64.6 Å². The number of rotatable bonds is 6. The van der Waals surface area contributed by atoms with E-state index in [1.54, 1.807) is 27.3 Å². The van der Waals surface area contributed by atoms with E-state index in [1.165, 1.54) is 29.7 Å². The minimum atomic E-state index is -3.78. The average Bonchev–Trinajstić information content (AvgIpc) is 3.40. The van der Waals surface area contributed by atoms with E-state index < -0.39 is 16.1 Å². The first-order chi connectivity index (χ1) is 17.7. The third kappa shape index (κ3) is 5.16. The van der Waals surface area contributed by atoms with Crippen LogP contribution < -0.4 is 14.5 Å². The topological polar surface area (TPSA) is 103 Å². The number of thiazole rings is 1. The van der Waals surface area contributed by atoms with Crippen LogP contribution >= 0.6 is 22.9 Å². The Morgan fingerprint density at radius 1 is 1.14 bits per heavy atom. The minimum Gasteiger partial charge on any atom is -0.360 e. The molecule has 1 atom stereocenters. The normalized spacial score (nSPS) is 16.9. The molecule has 9 nitrogen and oxygen atoms in total. The van der Waals surface area contributed by atoms with Crippen molar-refractivity contribution in [2.24, 2.45) is 0 Å². The summed E-state index contributed by atoms with van der Waals surface area (Å²) in [6.45, 7) is 3.29. The predicted molar refractivity (Wildman–Crippen MR) is 145 cm³/mol. The number of sulfonamides is 1. The van der Waals surface area contributed by atoms with E-state index in [0.29, 0.717) is 23.8 Å². The summed E-state index contributed by atoms with van der Waals surface area (Å²) in [6.07, 6.45) is 3.31.